The molecular weight excluding hydrogens is 232 g/mol. The predicted molar refractivity (Wildman–Crippen MR) is 55.5 cm³/mol. The van der Waals surface area contributed by atoms with Gasteiger partial charge in [-0.3, -0.25) is 9.59 Å². The molecule has 0 aromatic rings. The van der Waals surface area contributed by atoms with Gasteiger partial charge in [0.25, 0.3) is 0 Å². The Labute approximate surface area is 94.4 Å². The minimum absolute atomic E-state index is 0.219. The van der Waals surface area contributed by atoms with E-state index in [1.807, 2.05) is 0 Å². The largest absolute Gasteiger partial charge is 0.469 e. The van der Waals surface area contributed by atoms with Crippen LogP contribution in [0.4, 0.5) is 0 Å². The van der Waals surface area contributed by atoms with Gasteiger partial charge in [0.1, 0.15) is 0 Å². The van der Waals surface area contributed by atoms with Crippen molar-refractivity contribution in [2.24, 2.45) is 0 Å². The van der Waals surface area contributed by atoms with Gasteiger partial charge in [0.2, 0.25) is 19.5 Å². The molecule has 0 aliphatic rings. The second-order valence-corrected chi connectivity index (χ2v) is 4.94. The van der Waals surface area contributed by atoms with E-state index in [0.717, 1.165) is 0 Å². The molecule has 84 valence electrons. The third-order valence-corrected chi connectivity index (χ3v) is 3.53. The summed E-state index contributed by atoms with van der Waals surface area (Å²) in [6, 6.07) is 1.36. The fourth-order valence-corrected chi connectivity index (χ4v) is 2.50. The smallest absolute Gasteiger partial charge is 0.305 e. The van der Waals surface area contributed by atoms with Gasteiger partial charge in [-0.25, -0.2) is 0 Å². The number of carbonyl (C=O) groups excluding carboxylic acids is 2. The number of esters is 2. The highest BCUT2D eigenvalue weighted by Crippen LogP contribution is 1.95. The highest BCUT2D eigenvalue weighted by Gasteiger charge is 2.03. The quantitative estimate of drug-likeness (QED) is 0.348. The lowest BCUT2D eigenvalue weighted by atomic mass is 10.5. The second-order valence-electron chi connectivity index (χ2n) is 2.54. The highest BCUT2D eigenvalue weighted by atomic mass is 28.3. The second kappa shape index (κ2) is 9.87. The van der Waals surface area contributed by atoms with Crippen molar-refractivity contribution in [1.29, 1.82) is 0 Å². The molecule has 0 unspecified atom stereocenters. The van der Waals surface area contributed by atoms with E-state index in [-0.39, 0.29) is 11.9 Å². The monoisotopic (exact) mass is 246 g/mol. The molecule has 0 N–H and O–H groups in total. The average molecular weight is 246 g/mol. The predicted octanol–water partition coefficient (Wildman–Crippen LogP) is 0.204. The third kappa shape index (κ3) is 9.63. The summed E-state index contributed by atoms with van der Waals surface area (Å²) >= 11 is 0. The van der Waals surface area contributed by atoms with Gasteiger partial charge >= 0.3 is 11.9 Å². The summed E-state index contributed by atoms with van der Waals surface area (Å²) in [4.78, 5) is 21.4. The zero-order chi connectivity index (χ0) is 11.5. The Kier molecular flexibility index (Phi) is 9.43. The number of hydrogen-bond acceptors (Lipinski definition) is 5. The van der Waals surface area contributed by atoms with E-state index in [2.05, 4.69) is 9.47 Å². The summed E-state index contributed by atoms with van der Waals surface area (Å²) in [5.74, 6) is -0.437. The van der Waals surface area contributed by atoms with Crippen molar-refractivity contribution in [3.05, 3.63) is 0 Å². The van der Waals surface area contributed by atoms with Crippen LogP contribution in [0.5, 0.6) is 0 Å². The minimum Gasteiger partial charge on any atom is -0.469 e. The van der Waals surface area contributed by atoms with Crippen molar-refractivity contribution in [1.82, 2.24) is 0 Å². The van der Waals surface area contributed by atoms with Crippen molar-refractivity contribution in [3.63, 3.8) is 0 Å². The molecule has 0 spiro atoms. The van der Waals surface area contributed by atoms with E-state index in [1.165, 1.54) is 14.2 Å². The van der Waals surface area contributed by atoms with Gasteiger partial charge in [-0.1, -0.05) is 0 Å². The molecular formula is C8H14O5Si2. The number of methoxy groups -OCH3 is 2. The lowest BCUT2D eigenvalue weighted by Gasteiger charge is -2.00. The molecule has 0 heterocycles. The van der Waals surface area contributed by atoms with E-state index in [9.17, 15) is 9.59 Å². The Morgan fingerprint density at radius 3 is 1.67 bits per heavy atom. The molecule has 0 amide bonds. The van der Waals surface area contributed by atoms with E-state index >= 15 is 0 Å². The van der Waals surface area contributed by atoms with Gasteiger partial charge in [-0.05, 0) is 12.1 Å². The molecule has 0 rings (SSSR count). The molecule has 0 saturated heterocycles. The third-order valence-electron chi connectivity index (χ3n) is 1.46. The van der Waals surface area contributed by atoms with Crippen LogP contribution in [-0.4, -0.2) is 45.7 Å². The van der Waals surface area contributed by atoms with Crippen molar-refractivity contribution in [2.45, 2.75) is 24.9 Å². The minimum atomic E-state index is -0.219. The van der Waals surface area contributed by atoms with Crippen LogP contribution in [0, 0.1) is 0 Å². The Morgan fingerprint density at radius 1 is 0.933 bits per heavy atom. The summed E-state index contributed by atoms with van der Waals surface area (Å²) in [6.07, 6.45) is 0.771. The zero-order valence-corrected chi connectivity index (χ0v) is 10.9. The van der Waals surface area contributed by atoms with Gasteiger partial charge in [-0.15, -0.1) is 0 Å². The molecule has 15 heavy (non-hydrogen) atoms. The Hall–Kier alpha value is -0.666. The zero-order valence-electron chi connectivity index (χ0n) is 8.87. The van der Waals surface area contributed by atoms with Crippen LogP contribution >= 0.6 is 0 Å². The molecule has 7 heteroatoms. The summed E-state index contributed by atoms with van der Waals surface area (Å²) in [6.45, 7) is 0. The Morgan fingerprint density at radius 2 is 1.33 bits per heavy atom. The summed E-state index contributed by atoms with van der Waals surface area (Å²) in [5.41, 5.74) is 0. The molecule has 0 aliphatic carbocycles. The molecule has 0 aromatic heterocycles. The SMILES string of the molecule is COC(=O)CC[Si]O[Si]CCC(=O)OC. The van der Waals surface area contributed by atoms with Gasteiger partial charge in [0, 0.05) is 12.8 Å². The first-order valence-electron chi connectivity index (χ1n) is 4.46. The van der Waals surface area contributed by atoms with E-state index < -0.39 is 0 Å². The Balaban J connectivity index is 3.11. The number of ether oxygens (including phenoxy) is 2. The summed E-state index contributed by atoms with van der Waals surface area (Å²) in [5, 5.41) is 0. The maximum absolute atomic E-state index is 10.7. The van der Waals surface area contributed by atoms with Crippen molar-refractivity contribution >= 4 is 31.5 Å². The summed E-state index contributed by atoms with van der Waals surface area (Å²) in [7, 11) is 3.31. The van der Waals surface area contributed by atoms with Gasteiger partial charge in [-0.2, -0.15) is 0 Å². The van der Waals surface area contributed by atoms with Crippen LogP contribution in [0.3, 0.4) is 0 Å². The molecule has 0 atom stereocenters. The van der Waals surface area contributed by atoms with Gasteiger partial charge in [0.15, 0.2) is 0 Å². The lowest BCUT2D eigenvalue weighted by Crippen LogP contribution is -2.09. The van der Waals surface area contributed by atoms with E-state index in [4.69, 9.17) is 4.12 Å². The number of rotatable bonds is 8. The molecule has 4 radical (unpaired) electrons. The first-order chi connectivity index (χ1) is 7.20. The van der Waals surface area contributed by atoms with Crippen LogP contribution < -0.4 is 0 Å². The van der Waals surface area contributed by atoms with Crippen LogP contribution in [0.2, 0.25) is 12.1 Å². The molecule has 5 nitrogen and oxygen atoms in total. The van der Waals surface area contributed by atoms with Crippen LogP contribution in [0.15, 0.2) is 0 Å². The van der Waals surface area contributed by atoms with Crippen molar-refractivity contribution < 1.29 is 23.2 Å². The maximum Gasteiger partial charge on any atom is 0.305 e. The number of hydrogen-bond donors (Lipinski definition) is 0. The topological polar surface area (TPSA) is 61.8 Å². The molecule has 0 aliphatic heterocycles. The van der Waals surface area contributed by atoms with Gasteiger partial charge in [0.05, 0.1) is 14.2 Å². The first kappa shape index (κ1) is 14.3. The van der Waals surface area contributed by atoms with Crippen LogP contribution in [0.25, 0.3) is 0 Å². The van der Waals surface area contributed by atoms with Gasteiger partial charge < -0.3 is 13.6 Å². The van der Waals surface area contributed by atoms with Crippen LogP contribution in [0.1, 0.15) is 12.8 Å². The lowest BCUT2D eigenvalue weighted by molar-refractivity contribution is -0.141. The summed E-state index contributed by atoms with van der Waals surface area (Å²) < 4.78 is 14.2. The molecule has 0 fully saturated rings. The highest BCUT2D eigenvalue weighted by molar-refractivity contribution is 6.43. The molecule has 0 saturated carbocycles. The molecule has 0 aromatic carbocycles. The first-order valence-corrected chi connectivity index (χ1v) is 6.69. The maximum atomic E-state index is 10.7. The fraction of sp³-hybridized carbons (Fsp3) is 0.750. The average Bonchev–Trinajstić information content (AvgIpc) is 2.26. The van der Waals surface area contributed by atoms with E-state index in [1.54, 1.807) is 0 Å². The van der Waals surface area contributed by atoms with Crippen LogP contribution in [-0.2, 0) is 23.2 Å². The Bertz CT molecular complexity index is 177. The fourth-order valence-electron chi connectivity index (χ4n) is 0.663. The van der Waals surface area contributed by atoms with Crippen molar-refractivity contribution in [2.75, 3.05) is 14.2 Å². The normalized spacial score (nSPS) is 9.73. The molecule has 0 bridgehead atoms. The van der Waals surface area contributed by atoms with Crippen molar-refractivity contribution in [3.8, 4) is 0 Å². The number of carbonyl (C=O) groups is 2. The standard InChI is InChI=1S/C8H14O5Si2/c1-11-7(9)3-5-14-13-15-6-4-8(10)12-2/h3-6H2,1-2H3. The van der Waals surface area contributed by atoms with E-state index in [0.29, 0.717) is 44.5 Å².